The summed E-state index contributed by atoms with van der Waals surface area (Å²) < 4.78 is 5.52. The topological polar surface area (TPSA) is 49.9 Å². The molecule has 5 nitrogen and oxygen atoms in total. The van der Waals surface area contributed by atoms with Gasteiger partial charge >= 0.3 is 6.09 Å². The highest BCUT2D eigenvalue weighted by Gasteiger charge is 2.48. The molecule has 0 aromatic heterocycles. The molecule has 0 spiro atoms. The van der Waals surface area contributed by atoms with E-state index in [1.807, 2.05) is 43.9 Å². The molecule has 0 N–H and O–H groups in total. The number of amides is 2. The largest absolute Gasteiger partial charge is 0.444 e. The molecular formula is C29H34N2O3P+. The van der Waals surface area contributed by atoms with Crippen molar-refractivity contribution in [2.24, 2.45) is 0 Å². The normalized spacial score (nSPS) is 14.5. The average molecular weight is 490 g/mol. The maximum Gasteiger partial charge on any atom is 0.410 e. The Hall–Kier alpha value is -3.17. The Morgan fingerprint density at radius 2 is 1.06 bits per heavy atom. The molecule has 0 aliphatic carbocycles. The van der Waals surface area contributed by atoms with E-state index in [-0.39, 0.29) is 12.0 Å². The van der Waals surface area contributed by atoms with Crippen LogP contribution < -0.4 is 15.9 Å². The number of ether oxygens (including phenoxy) is 1. The molecule has 1 aliphatic rings. The van der Waals surface area contributed by atoms with Gasteiger partial charge in [-0.05, 0) is 57.2 Å². The van der Waals surface area contributed by atoms with Crippen LogP contribution >= 0.6 is 7.26 Å². The first-order chi connectivity index (χ1) is 16.8. The van der Waals surface area contributed by atoms with Gasteiger partial charge in [-0.2, -0.15) is 0 Å². The Labute approximate surface area is 209 Å². The summed E-state index contributed by atoms with van der Waals surface area (Å²) in [5, 5.41) is 3.58. The lowest BCUT2D eigenvalue weighted by Crippen LogP contribution is -2.53. The van der Waals surface area contributed by atoms with E-state index in [4.69, 9.17) is 4.74 Å². The Balaban J connectivity index is 1.63. The molecule has 4 rings (SSSR count). The van der Waals surface area contributed by atoms with Gasteiger partial charge in [-0.15, -0.1) is 0 Å². The molecule has 182 valence electrons. The van der Waals surface area contributed by atoms with E-state index in [1.54, 1.807) is 4.90 Å². The Kier molecular flexibility index (Phi) is 7.57. The predicted octanol–water partition coefficient (Wildman–Crippen LogP) is 4.06. The third kappa shape index (κ3) is 5.74. The zero-order chi connectivity index (χ0) is 24.9. The zero-order valence-electron chi connectivity index (χ0n) is 20.8. The number of benzene rings is 3. The number of hydrogen-bond donors (Lipinski definition) is 0. The van der Waals surface area contributed by atoms with Crippen LogP contribution in [-0.4, -0.2) is 59.7 Å². The molecule has 0 atom stereocenters. The minimum Gasteiger partial charge on any atom is -0.444 e. The lowest BCUT2D eigenvalue weighted by Gasteiger charge is -2.36. The molecule has 3 aromatic rings. The van der Waals surface area contributed by atoms with Crippen LogP contribution in [0, 0.1) is 0 Å². The Morgan fingerprint density at radius 1 is 0.686 bits per heavy atom. The monoisotopic (exact) mass is 489 g/mol. The number of carbonyl (C=O) groups excluding carboxylic acids is 2. The summed E-state index contributed by atoms with van der Waals surface area (Å²) in [6, 6.07) is 31.3. The maximum absolute atomic E-state index is 13.9. The van der Waals surface area contributed by atoms with Gasteiger partial charge in [0.25, 0.3) is 5.91 Å². The molecule has 1 aliphatic heterocycles. The van der Waals surface area contributed by atoms with Crippen LogP contribution in [0.4, 0.5) is 4.79 Å². The van der Waals surface area contributed by atoms with Gasteiger partial charge in [0.2, 0.25) is 0 Å². The van der Waals surface area contributed by atoms with Crippen LogP contribution in [0.2, 0.25) is 0 Å². The van der Waals surface area contributed by atoms with Crippen LogP contribution in [0.25, 0.3) is 0 Å². The van der Waals surface area contributed by atoms with Crippen molar-refractivity contribution in [3.8, 4) is 0 Å². The van der Waals surface area contributed by atoms with E-state index < -0.39 is 12.9 Å². The van der Waals surface area contributed by atoms with Gasteiger partial charge in [-0.3, -0.25) is 4.79 Å². The van der Waals surface area contributed by atoms with Crippen molar-refractivity contribution in [3.05, 3.63) is 91.0 Å². The molecule has 0 saturated carbocycles. The third-order valence-electron chi connectivity index (χ3n) is 6.25. The summed E-state index contributed by atoms with van der Waals surface area (Å²) >= 11 is 0. The van der Waals surface area contributed by atoms with E-state index >= 15 is 0 Å². The van der Waals surface area contributed by atoms with Crippen LogP contribution in [0.5, 0.6) is 0 Å². The smallest absolute Gasteiger partial charge is 0.410 e. The van der Waals surface area contributed by atoms with Gasteiger partial charge in [0.05, 0.1) is 0 Å². The second-order valence-corrected chi connectivity index (χ2v) is 13.3. The van der Waals surface area contributed by atoms with Crippen molar-refractivity contribution < 1.29 is 14.3 Å². The summed E-state index contributed by atoms with van der Waals surface area (Å²) in [7, 11) is -2.23. The second kappa shape index (κ2) is 10.6. The minimum absolute atomic E-state index is 0.124. The summed E-state index contributed by atoms with van der Waals surface area (Å²) in [5.74, 6) is 0.124. The lowest BCUT2D eigenvalue weighted by molar-refractivity contribution is -0.130. The molecule has 3 aromatic carbocycles. The molecule has 0 bridgehead atoms. The van der Waals surface area contributed by atoms with Crippen molar-refractivity contribution in [3.63, 3.8) is 0 Å². The van der Waals surface area contributed by atoms with E-state index in [2.05, 4.69) is 72.8 Å². The number of carbonyl (C=O) groups is 2. The number of hydrogen-bond acceptors (Lipinski definition) is 3. The average Bonchev–Trinajstić information content (AvgIpc) is 2.88. The van der Waals surface area contributed by atoms with E-state index in [1.165, 1.54) is 15.9 Å². The first-order valence-electron chi connectivity index (χ1n) is 12.1. The maximum atomic E-state index is 13.9. The van der Waals surface area contributed by atoms with Gasteiger partial charge in [-0.1, -0.05) is 54.6 Å². The second-order valence-electron chi connectivity index (χ2n) is 9.82. The SMILES string of the molecule is CC(C)(C)OC(=O)N1CCN(C(=O)C[P+](c2ccccc2)(c2ccccc2)c2ccccc2)CC1. The van der Waals surface area contributed by atoms with Crippen molar-refractivity contribution in [2.75, 3.05) is 32.3 Å². The molecule has 6 heteroatoms. The van der Waals surface area contributed by atoms with Gasteiger partial charge < -0.3 is 14.5 Å². The molecular weight excluding hydrogens is 455 g/mol. The van der Waals surface area contributed by atoms with E-state index in [9.17, 15) is 9.59 Å². The summed E-state index contributed by atoms with van der Waals surface area (Å²) in [4.78, 5) is 29.9. The Bertz CT molecular complexity index is 1030. The van der Waals surface area contributed by atoms with Crippen molar-refractivity contribution in [1.82, 2.24) is 9.80 Å². The highest BCUT2D eigenvalue weighted by molar-refractivity contribution is 7.96. The molecule has 2 amide bonds. The molecule has 1 heterocycles. The highest BCUT2D eigenvalue weighted by atomic mass is 31.2. The third-order valence-corrected chi connectivity index (χ3v) is 10.5. The minimum atomic E-state index is -2.23. The quantitative estimate of drug-likeness (QED) is 0.508. The van der Waals surface area contributed by atoms with Crippen molar-refractivity contribution in [1.29, 1.82) is 0 Å². The molecule has 1 saturated heterocycles. The summed E-state index contributed by atoms with van der Waals surface area (Å²) in [6.07, 6.45) is 0.0987. The van der Waals surface area contributed by atoms with Crippen LogP contribution in [0.1, 0.15) is 20.8 Å². The van der Waals surface area contributed by atoms with Gasteiger partial charge in [0, 0.05) is 26.2 Å². The summed E-state index contributed by atoms with van der Waals surface area (Å²) in [6.45, 7) is 7.58. The fourth-order valence-corrected chi connectivity index (χ4v) is 8.63. The number of rotatable bonds is 5. The van der Waals surface area contributed by atoms with Crippen LogP contribution in [0.15, 0.2) is 91.0 Å². The predicted molar refractivity (Wildman–Crippen MR) is 144 cm³/mol. The van der Waals surface area contributed by atoms with Crippen molar-refractivity contribution >= 4 is 35.2 Å². The lowest BCUT2D eigenvalue weighted by atomic mass is 10.2. The van der Waals surface area contributed by atoms with Crippen molar-refractivity contribution in [2.45, 2.75) is 26.4 Å². The fraction of sp³-hybridized carbons (Fsp3) is 0.310. The standard InChI is InChI=1S/C29H34N2O3P/c1-29(2,3)34-28(33)31-21-19-30(20-22-31)27(32)23-35(24-13-7-4-8-14-24,25-15-9-5-10-16-25)26-17-11-6-12-18-26/h4-18H,19-23H2,1-3H3/q+1. The number of piperazine rings is 1. The summed E-state index contributed by atoms with van der Waals surface area (Å²) in [5.41, 5.74) is -0.533. The van der Waals surface area contributed by atoms with Gasteiger partial charge in [0.15, 0.2) is 6.16 Å². The first kappa shape index (κ1) is 24.9. The molecule has 0 radical (unpaired) electrons. The Morgan fingerprint density at radius 3 is 1.43 bits per heavy atom. The molecule has 35 heavy (non-hydrogen) atoms. The van der Waals surface area contributed by atoms with Gasteiger partial charge in [0.1, 0.15) is 28.8 Å². The zero-order valence-corrected chi connectivity index (χ0v) is 21.7. The van der Waals surface area contributed by atoms with Crippen LogP contribution in [-0.2, 0) is 9.53 Å². The van der Waals surface area contributed by atoms with Crippen LogP contribution in [0.3, 0.4) is 0 Å². The highest BCUT2D eigenvalue weighted by Crippen LogP contribution is 2.55. The number of nitrogens with zero attached hydrogens (tertiary/aromatic N) is 2. The molecule has 0 unspecified atom stereocenters. The fourth-order valence-electron chi connectivity index (χ4n) is 4.54. The van der Waals surface area contributed by atoms with Gasteiger partial charge in [-0.25, -0.2) is 4.79 Å². The van der Waals surface area contributed by atoms with E-state index in [0.717, 1.165) is 0 Å². The van der Waals surface area contributed by atoms with E-state index in [0.29, 0.717) is 32.3 Å². The molecule has 1 fully saturated rings. The first-order valence-corrected chi connectivity index (χ1v) is 14.1.